The SMILES string of the molecule is CC(CCNC(=O)c1ccc(-n2cccn2)cc1)c1ccccc1. The molecular weight excluding hydrogens is 298 g/mol. The van der Waals surface area contributed by atoms with Gasteiger partial charge in [-0.2, -0.15) is 5.10 Å². The van der Waals surface area contributed by atoms with Crippen molar-refractivity contribution in [1.82, 2.24) is 15.1 Å². The Bertz CT molecular complexity index is 764. The van der Waals surface area contributed by atoms with Gasteiger partial charge in [0.2, 0.25) is 0 Å². The van der Waals surface area contributed by atoms with E-state index in [0.29, 0.717) is 18.0 Å². The molecule has 4 heteroatoms. The molecule has 0 bridgehead atoms. The summed E-state index contributed by atoms with van der Waals surface area (Å²) in [5, 5.41) is 7.17. The zero-order valence-electron chi connectivity index (χ0n) is 13.7. The third-order valence-electron chi connectivity index (χ3n) is 4.13. The number of carbonyl (C=O) groups excluding carboxylic acids is 1. The van der Waals surface area contributed by atoms with Crippen LogP contribution in [0.1, 0.15) is 35.2 Å². The van der Waals surface area contributed by atoms with Crippen LogP contribution in [0.4, 0.5) is 0 Å². The van der Waals surface area contributed by atoms with Crippen LogP contribution in [0.15, 0.2) is 73.1 Å². The molecule has 0 saturated heterocycles. The van der Waals surface area contributed by atoms with E-state index in [1.54, 1.807) is 10.9 Å². The highest BCUT2D eigenvalue weighted by molar-refractivity contribution is 5.94. The van der Waals surface area contributed by atoms with Crippen LogP contribution >= 0.6 is 0 Å². The van der Waals surface area contributed by atoms with Crippen molar-refractivity contribution in [3.8, 4) is 5.69 Å². The third-order valence-corrected chi connectivity index (χ3v) is 4.13. The van der Waals surface area contributed by atoms with Crippen LogP contribution < -0.4 is 5.32 Å². The molecule has 3 aromatic rings. The number of nitrogens with one attached hydrogen (secondary N) is 1. The minimum Gasteiger partial charge on any atom is -0.352 e. The first-order valence-corrected chi connectivity index (χ1v) is 8.17. The van der Waals surface area contributed by atoms with E-state index in [0.717, 1.165) is 12.1 Å². The number of hydrogen-bond donors (Lipinski definition) is 1. The molecule has 0 aliphatic carbocycles. The third kappa shape index (κ3) is 3.90. The Hall–Kier alpha value is -2.88. The minimum absolute atomic E-state index is 0.0396. The normalized spacial score (nSPS) is 11.9. The van der Waals surface area contributed by atoms with Crippen molar-refractivity contribution in [3.63, 3.8) is 0 Å². The molecule has 0 aliphatic heterocycles. The monoisotopic (exact) mass is 319 g/mol. The quantitative estimate of drug-likeness (QED) is 0.751. The van der Waals surface area contributed by atoms with Crippen molar-refractivity contribution in [2.75, 3.05) is 6.54 Å². The summed E-state index contributed by atoms with van der Waals surface area (Å²) in [5.41, 5.74) is 2.91. The maximum atomic E-state index is 12.2. The van der Waals surface area contributed by atoms with E-state index in [1.807, 2.05) is 54.7 Å². The number of nitrogens with zero attached hydrogens (tertiary/aromatic N) is 2. The van der Waals surface area contributed by atoms with Gasteiger partial charge in [-0.3, -0.25) is 4.79 Å². The average molecular weight is 319 g/mol. The van der Waals surface area contributed by atoms with E-state index in [2.05, 4.69) is 29.5 Å². The van der Waals surface area contributed by atoms with Crippen LogP contribution in [0.2, 0.25) is 0 Å². The lowest BCUT2D eigenvalue weighted by Crippen LogP contribution is -2.25. The van der Waals surface area contributed by atoms with Crippen LogP contribution in [-0.2, 0) is 0 Å². The Labute approximate surface area is 142 Å². The fourth-order valence-corrected chi connectivity index (χ4v) is 2.64. The van der Waals surface area contributed by atoms with Gasteiger partial charge in [0.05, 0.1) is 5.69 Å². The van der Waals surface area contributed by atoms with Crippen molar-refractivity contribution in [1.29, 1.82) is 0 Å². The number of benzene rings is 2. The molecule has 0 aliphatic rings. The standard InChI is InChI=1S/C20H21N3O/c1-16(17-6-3-2-4-7-17)12-14-21-20(24)18-8-10-19(11-9-18)23-15-5-13-22-23/h2-11,13,15-16H,12,14H2,1H3,(H,21,24). The minimum atomic E-state index is -0.0396. The Morgan fingerprint density at radius 1 is 1.08 bits per heavy atom. The van der Waals surface area contributed by atoms with Crippen LogP contribution in [0.5, 0.6) is 0 Å². The van der Waals surface area contributed by atoms with Crippen molar-refractivity contribution < 1.29 is 4.79 Å². The van der Waals surface area contributed by atoms with Crippen LogP contribution in [-0.4, -0.2) is 22.2 Å². The molecule has 0 radical (unpaired) electrons. The van der Waals surface area contributed by atoms with Gasteiger partial charge in [0.25, 0.3) is 5.91 Å². The predicted octanol–water partition coefficient (Wildman–Crippen LogP) is 3.80. The van der Waals surface area contributed by atoms with Gasteiger partial charge >= 0.3 is 0 Å². The second-order valence-corrected chi connectivity index (χ2v) is 5.85. The Morgan fingerprint density at radius 3 is 2.50 bits per heavy atom. The van der Waals surface area contributed by atoms with Gasteiger partial charge in [0.15, 0.2) is 0 Å². The molecular formula is C20H21N3O. The van der Waals surface area contributed by atoms with Gasteiger partial charge in [0.1, 0.15) is 0 Å². The van der Waals surface area contributed by atoms with Crippen molar-refractivity contribution in [2.45, 2.75) is 19.3 Å². The highest BCUT2D eigenvalue weighted by atomic mass is 16.1. The topological polar surface area (TPSA) is 46.9 Å². The van der Waals surface area contributed by atoms with E-state index < -0.39 is 0 Å². The molecule has 4 nitrogen and oxygen atoms in total. The fraction of sp³-hybridized carbons (Fsp3) is 0.200. The van der Waals surface area contributed by atoms with Gasteiger partial charge in [-0.05, 0) is 48.2 Å². The fourth-order valence-electron chi connectivity index (χ4n) is 2.64. The zero-order valence-corrected chi connectivity index (χ0v) is 13.7. The molecule has 1 heterocycles. The largest absolute Gasteiger partial charge is 0.352 e. The van der Waals surface area contributed by atoms with E-state index in [-0.39, 0.29) is 5.91 Å². The molecule has 1 amide bonds. The molecule has 2 aromatic carbocycles. The van der Waals surface area contributed by atoms with Crippen molar-refractivity contribution >= 4 is 5.91 Å². The Kier molecular flexibility index (Phi) is 5.06. The number of rotatable bonds is 6. The lowest BCUT2D eigenvalue weighted by molar-refractivity contribution is 0.0952. The van der Waals surface area contributed by atoms with Crippen LogP contribution in [0.25, 0.3) is 5.69 Å². The molecule has 3 rings (SSSR count). The number of amides is 1. The average Bonchev–Trinajstić information content (AvgIpc) is 3.17. The summed E-state index contributed by atoms with van der Waals surface area (Å²) in [6.45, 7) is 2.84. The summed E-state index contributed by atoms with van der Waals surface area (Å²) >= 11 is 0. The molecule has 122 valence electrons. The summed E-state index contributed by atoms with van der Waals surface area (Å²) in [4.78, 5) is 12.2. The molecule has 24 heavy (non-hydrogen) atoms. The van der Waals surface area contributed by atoms with Gasteiger partial charge in [-0.15, -0.1) is 0 Å². The van der Waals surface area contributed by atoms with Crippen molar-refractivity contribution in [2.24, 2.45) is 0 Å². The van der Waals surface area contributed by atoms with Gasteiger partial charge in [-0.1, -0.05) is 37.3 Å². The van der Waals surface area contributed by atoms with Gasteiger partial charge in [-0.25, -0.2) is 4.68 Å². The van der Waals surface area contributed by atoms with E-state index in [9.17, 15) is 4.79 Å². The Balaban J connectivity index is 1.52. The van der Waals surface area contributed by atoms with E-state index in [1.165, 1.54) is 5.56 Å². The van der Waals surface area contributed by atoms with E-state index in [4.69, 9.17) is 0 Å². The summed E-state index contributed by atoms with van der Waals surface area (Å²) in [7, 11) is 0. The molecule has 0 fully saturated rings. The molecule has 0 spiro atoms. The van der Waals surface area contributed by atoms with Crippen LogP contribution in [0.3, 0.4) is 0 Å². The van der Waals surface area contributed by atoms with Gasteiger partial charge < -0.3 is 5.32 Å². The summed E-state index contributed by atoms with van der Waals surface area (Å²) in [6.07, 6.45) is 4.52. The zero-order chi connectivity index (χ0) is 16.8. The molecule has 1 N–H and O–H groups in total. The smallest absolute Gasteiger partial charge is 0.251 e. The Morgan fingerprint density at radius 2 is 1.83 bits per heavy atom. The molecule has 1 atom stereocenters. The second kappa shape index (κ2) is 7.59. The first-order chi connectivity index (χ1) is 11.7. The number of carbonyl (C=O) groups is 1. The lowest BCUT2D eigenvalue weighted by Gasteiger charge is -2.12. The first kappa shape index (κ1) is 16.0. The molecule has 1 aromatic heterocycles. The number of aromatic nitrogens is 2. The maximum Gasteiger partial charge on any atom is 0.251 e. The highest BCUT2D eigenvalue weighted by Crippen LogP contribution is 2.17. The first-order valence-electron chi connectivity index (χ1n) is 8.17. The summed E-state index contributed by atoms with van der Waals surface area (Å²) < 4.78 is 1.77. The van der Waals surface area contributed by atoms with E-state index >= 15 is 0 Å². The second-order valence-electron chi connectivity index (χ2n) is 5.85. The van der Waals surface area contributed by atoms with Gasteiger partial charge in [0, 0.05) is 24.5 Å². The number of hydrogen-bond acceptors (Lipinski definition) is 2. The molecule has 1 unspecified atom stereocenters. The summed E-state index contributed by atoms with van der Waals surface area (Å²) in [6, 6.07) is 19.7. The van der Waals surface area contributed by atoms with Crippen LogP contribution in [0, 0.1) is 0 Å². The molecule has 0 saturated carbocycles. The maximum absolute atomic E-state index is 12.2. The predicted molar refractivity (Wildman–Crippen MR) is 95.4 cm³/mol. The summed E-state index contributed by atoms with van der Waals surface area (Å²) in [5.74, 6) is 0.385. The van der Waals surface area contributed by atoms with Crippen molar-refractivity contribution in [3.05, 3.63) is 84.2 Å². The lowest BCUT2D eigenvalue weighted by atomic mass is 9.98. The highest BCUT2D eigenvalue weighted by Gasteiger charge is 2.08.